The van der Waals surface area contributed by atoms with Crippen LogP contribution in [-0.4, -0.2) is 27.5 Å². The summed E-state index contributed by atoms with van der Waals surface area (Å²) in [4.78, 5) is 29.7. The largest absolute Gasteiger partial charge is 0.459 e. The van der Waals surface area contributed by atoms with Crippen LogP contribution in [0.15, 0.2) is 65.2 Å². The molecule has 2 aromatic carbocycles. The number of para-hydroxylation sites is 2. The molecule has 0 unspecified atom stereocenters. The van der Waals surface area contributed by atoms with Crippen molar-refractivity contribution in [3.8, 4) is 0 Å². The van der Waals surface area contributed by atoms with Gasteiger partial charge in [0.05, 0.1) is 6.54 Å². The van der Waals surface area contributed by atoms with Gasteiger partial charge in [0.2, 0.25) is 0 Å². The number of aromatic amines is 1. The molecule has 5 rings (SSSR count). The fraction of sp³-hybridized carbons (Fsp3) is 0.182. The molecule has 3 heterocycles. The van der Waals surface area contributed by atoms with E-state index in [-0.39, 0.29) is 6.54 Å². The number of carbonyl (C=O) groups is 2. The summed E-state index contributed by atoms with van der Waals surface area (Å²) in [6.45, 7) is 1.91. The van der Waals surface area contributed by atoms with E-state index in [4.69, 9.17) is 9.15 Å². The third-order valence-corrected chi connectivity index (χ3v) is 5.44. The highest BCUT2D eigenvalue weighted by atomic mass is 16.6. The van der Waals surface area contributed by atoms with Crippen molar-refractivity contribution < 1.29 is 18.7 Å². The first kappa shape index (κ1) is 16.6. The van der Waals surface area contributed by atoms with Crippen molar-refractivity contribution in [3.63, 3.8) is 0 Å². The third kappa shape index (κ3) is 2.49. The Bertz CT molecular complexity index is 1190. The Kier molecular flexibility index (Phi) is 3.55. The second-order valence-corrected chi connectivity index (χ2v) is 7.30. The maximum absolute atomic E-state index is 12.6. The number of aromatic nitrogens is 1. The Balaban J connectivity index is 1.50. The summed E-state index contributed by atoms with van der Waals surface area (Å²) < 4.78 is 10.8. The SMILES string of the molecule is C[C@@]1(Cc2c[nH]c3ccccc23)C(=O)OC(=O)N1Cc1cc2ccccc2o1. The van der Waals surface area contributed by atoms with E-state index < -0.39 is 17.6 Å². The summed E-state index contributed by atoms with van der Waals surface area (Å²) in [6, 6.07) is 17.4. The van der Waals surface area contributed by atoms with Gasteiger partial charge in [-0.2, -0.15) is 0 Å². The second-order valence-electron chi connectivity index (χ2n) is 7.30. The van der Waals surface area contributed by atoms with Crippen molar-refractivity contribution in [3.05, 3.63) is 72.1 Å². The number of H-pyrrole nitrogens is 1. The number of furan rings is 1. The molecule has 1 saturated heterocycles. The number of fused-ring (bicyclic) bond motifs is 2. The first-order valence-electron chi connectivity index (χ1n) is 9.11. The van der Waals surface area contributed by atoms with Crippen molar-refractivity contribution in [2.75, 3.05) is 0 Å². The summed E-state index contributed by atoms with van der Waals surface area (Å²) in [7, 11) is 0. The minimum absolute atomic E-state index is 0.165. The zero-order valence-corrected chi connectivity index (χ0v) is 15.3. The number of amides is 1. The molecule has 0 aliphatic carbocycles. The standard InChI is InChI=1S/C22H18N2O4/c1-22(11-15-12-23-18-8-4-3-7-17(15)18)20(25)28-21(26)24(22)13-16-10-14-6-2-5-9-19(14)27-16/h2-10,12,23H,11,13H2,1H3/t22-/m1/s1. The lowest BCUT2D eigenvalue weighted by Crippen LogP contribution is -2.48. The van der Waals surface area contributed by atoms with Crippen LogP contribution in [0.2, 0.25) is 0 Å². The average Bonchev–Trinajstić information content (AvgIpc) is 3.34. The normalized spacial score (nSPS) is 19.7. The topological polar surface area (TPSA) is 75.5 Å². The van der Waals surface area contributed by atoms with E-state index in [2.05, 4.69) is 4.98 Å². The third-order valence-electron chi connectivity index (χ3n) is 5.44. The molecule has 1 amide bonds. The van der Waals surface area contributed by atoms with Gasteiger partial charge in [0.25, 0.3) is 0 Å². The van der Waals surface area contributed by atoms with Crippen molar-refractivity contribution in [2.24, 2.45) is 0 Å². The lowest BCUT2D eigenvalue weighted by atomic mass is 9.91. The van der Waals surface area contributed by atoms with Gasteiger partial charge in [-0.3, -0.25) is 4.90 Å². The molecule has 0 saturated carbocycles. The van der Waals surface area contributed by atoms with Crippen LogP contribution in [0.4, 0.5) is 4.79 Å². The highest BCUT2D eigenvalue weighted by Gasteiger charge is 2.52. The number of cyclic esters (lactones) is 2. The number of esters is 1. The fourth-order valence-corrected chi connectivity index (χ4v) is 3.88. The van der Waals surface area contributed by atoms with Gasteiger partial charge >= 0.3 is 12.1 Å². The van der Waals surface area contributed by atoms with Crippen molar-refractivity contribution in [1.29, 1.82) is 0 Å². The van der Waals surface area contributed by atoms with E-state index in [1.807, 2.05) is 60.8 Å². The number of carbonyl (C=O) groups excluding carboxylic acids is 2. The van der Waals surface area contributed by atoms with Crippen molar-refractivity contribution >= 4 is 33.9 Å². The molecule has 1 atom stereocenters. The zero-order valence-electron chi connectivity index (χ0n) is 15.3. The number of hydrogen-bond acceptors (Lipinski definition) is 4. The van der Waals surface area contributed by atoms with Gasteiger partial charge in [-0.05, 0) is 30.7 Å². The van der Waals surface area contributed by atoms with Crippen LogP contribution >= 0.6 is 0 Å². The van der Waals surface area contributed by atoms with Gasteiger partial charge in [-0.1, -0.05) is 36.4 Å². The van der Waals surface area contributed by atoms with Crippen LogP contribution in [0.3, 0.4) is 0 Å². The number of hydrogen-bond donors (Lipinski definition) is 1. The molecule has 4 aromatic rings. The molecular formula is C22H18N2O4. The van der Waals surface area contributed by atoms with E-state index in [0.29, 0.717) is 12.2 Å². The Morgan fingerprint density at radius 1 is 1.07 bits per heavy atom. The van der Waals surface area contributed by atoms with Crippen molar-refractivity contribution in [2.45, 2.75) is 25.4 Å². The number of benzene rings is 2. The van der Waals surface area contributed by atoms with Crippen LogP contribution in [0.25, 0.3) is 21.9 Å². The van der Waals surface area contributed by atoms with Gasteiger partial charge in [0.15, 0.2) is 0 Å². The van der Waals surface area contributed by atoms with Gasteiger partial charge in [0.1, 0.15) is 16.9 Å². The molecule has 140 valence electrons. The number of ether oxygens (including phenoxy) is 1. The van der Waals surface area contributed by atoms with Crippen LogP contribution in [0, 0.1) is 0 Å². The molecule has 1 aliphatic heterocycles. The molecule has 0 bridgehead atoms. The monoisotopic (exact) mass is 374 g/mol. The molecule has 1 fully saturated rings. The van der Waals surface area contributed by atoms with Gasteiger partial charge in [-0.25, -0.2) is 9.59 Å². The van der Waals surface area contributed by atoms with E-state index in [1.165, 1.54) is 4.90 Å². The second kappa shape index (κ2) is 5.99. The Hall–Kier alpha value is -3.54. The fourth-order valence-electron chi connectivity index (χ4n) is 3.88. The summed E-state index contributed by atoms with van der Waals surface area (Å²) in [5.41, 5.74) is 1.58. The molecular weight excluding hydrogens is 356 g/mol. The van der Waals surface area contributed by atoms with Gasteiger partial charge in [0, 0.05) is 28.9 Å². The Morgan fingerprint density at radius 3 is 2.71 bits per heavy atom. The maximum Gasteiger partial charge on any atom is 0.418 e. The lowest BCUT2D eigenvalue weighted by molar-refractivity contribution is -0.140. The van der Waals surface area contributed by atoms with Crippen LogP contribution in [0.1, 0.15) is 18.2 Å². The van der Waals surface area contributed by atoms with Gasteiger partial charge in [-0.15, -0.1) is 0 Å². The van der Waals surface area contributed by atoms with Crippen molar-refractivity contribution in [1.82, 2.24) is 9.88 Å². The van der Waals surface area contributed by atoms with E-state index in [9.17, 15) is 9.59 Å². The number of nitrogens with zero attached hydrogens (tertiary/aromatic N) is 1. The van der Waals surface area contributed by atoms with E-state index >= 15 is 0 Å². The molecule has 0 spiro atoms. The summed E-state index contributed by atoms with van der Waals surface area (Å²) in [6.07, 6.45) is 1.58. The molecule has 1 N–H and O–H groups in total. The maximum atomic E-state index is 12.6. The first-order valence-corrected chi connectivity index (χ1v) is 9.11. The van der Waals surface area contributed by atoms with E-state index in [1.54, 1.807) is 6.92 Å². The van der Waals surface area contributed by atoms with Gasteiger partial charge < -0.3 is 14.1 Å². The Morgan fingerprint density at radius 2 is 1.86 bits per heavy atom. The zero-order chi connectivity index (χ0) is 19.3. The van der Waals surface area contributed by atoms with E-state index in [0.717, 1.165) is 27.4 Å². The predicted molar refractivity (Wildman–Crippen MR) is 104 cm³/mol. The quantitative estimate of drug-likeness (QED) is 0.424. The minimum atomic E-state index is -1.11. The number of nitrogens with one attached hydrogen (secondary N) is 1. The molecule has 0 radical (unpaired) electrons. The molecule has 1 aliphatic rings. The highest BCUT2D eigenvalue weighted by molar-refractivity contribution is 5.99. The molecule has 6 nitrogen and oxygen atoms in total. The molecule has 28 heavy (non-hydrogen) atoms. The summed E-state index contributed by atoms with van der Waals surface area (Å²) >= 11 is 0. The first-order chi connectivity index (χ1) is 13.5. The average molecular weight is 374 g/mol. The minimum Gasteiger partial charge on any atom is -0.459 e. The van der Waals surface area contributed by atoms with Crippen LogP contribution < -0.4 is 0 Å². The summed E-state index contributed by atoms with van der Waals surface area (Å²) in [5.74, 6) is 0.0666. The Labute approximate surface area is 160 Å². The smallest absolute Gasteiger partial charge is 0.418 e. The van der Waals surface area contributed by atoms with Crippen LogP contribution in [-0.2, 0) is 22.5 Å². The number of rotatable bonds is 4. The highest BCUT2D eigenvalue weighted by Crippen LogP contribution is 2.34. The molecule has 2 aromatic heterocycles. The lowest BCUT2D eigenvalue weighted by Gasteiger charge is -2.29. The molecule has 6 heteroatoms. The predicted octanol–water partition coefficient (Wildman–Crippen LogP) is 4.39. The summed E-state index contributed by atoms with van der Waals surface area (Å²) in [5, 5.41) is 1.98. The van der Waals surface area contributed by atoms with Crippen LogP contribution in [0.5, 0.6) is 0 Å².